The summed E-state index contributed by atoms with van der Waals surface area (Å²) in [4.78, 5) is 0. The Morgan fingerprint density at radius 3 is 1.87 bits per heavy atom. The fourth-order valence-electron chi connectivity index (χ4n) is 2.07. The number of hydrogen-bond acceptors (Lipinski definition) is 5. The number of rotatable bonds is 9. The van der Waals surface area contributed by atoms with Gasteiger partial charge in [-0.15, -0.1) is 0 Å². The Kier molecular flexibility index (Phi) is 5.47. The highest BCUT2D eigenvalue weighted by Crippen LogP contribution is 2.24. The maximum Gasteiger partial charge on any atom is 0.189 e. The van der Waals surface area contributed by atoms with Gasteiger partial charge in [-0.3, -0.25) is 0 Å². The fourth-order valence-corrected chi connectivity index (χ4v) is 2.07. The van der Waals surface area contributed by atoms with Gasteiger partial charge in [-0.1, -0.05) is 24.3 Å². The van der Waals surface area contributed by atoms with Crippen LogP contribution >= 0.6 is 0 Å². The van der Waals surface area contributed by atoms with Crippen molar-refractivity contribution in [2.45, 2.75) is 6.10 Å². The van der Waals surface area contributed by atoms with Crippen molar-refractivity contribution in [2.24, 2.45) is 0 Å². The van der Waals surface area contributed by atoms with Crippen LogP contribution in [0.4, 0.5) is 0 Å². The number of methoxy groups -OCH3 is 1. The molecule has 0 amide bonds. The minimum absolute atomic E-state index is 0.241. The van der Waals surface area contributed by atoms with Crippen LogP contribution in [0, 0.1) is 0 Å². The molecular weight excluding hydrogens is 296 g/mol. The molecular formula is C18H20O5. The molecule has 0 aliphatic carbocycles. The largest absolute Gasteiger partial charge is 0.468 e. The Labute approximate surface area is 135 Å². The molecule has 1 aliphatic rings. The van der Waals surface area contributed by atoms with Crippen LogP contribution < -0.4 is 9.47 Å². The van der Waals surface area contributed by atoms with Gasteiger partial charge < -0.3 is 23.7 Å². The third-order valence-corrected chi connectivity index (χ3v) is 3.40. The third-order valence-electron chi connectivity index (χ3n) is 3.40. The first-order valence-electron chi connectivity index (χ1n) is 7.49. The van der Waals surface area contributed by atoms with Gasteiger partial charge in [0.1, 0.15) is 17.6 Å². The lowest BCUT2D eigenvalue weighted by Gasteiger charge is -2.08. The van der Waals surface area contributed by atoms with Crippen LogP contribution in [0.3, 0.4) is 0 Å². The molecule has 122 valence electrons. The zero-order chi connectivity index (χ0) is 15.9. The van der Waals surface area contributed by atoms with Crippen molar-refractivity contribution in [3.05, 3.63) is 48.5 Å². The van der Waals surface area contributed by atoms with Gasteiger partial charge in [-0.25, -0.2) is 0 Å². The SMILES string of the molecule is COCOc1ccc(-c2ccc(OCOCC3CO3)cc2)cc1. The van der Waals surface area contributed by atoms with Crippen LogP contribution in [-0.4, -0.2) is 40.0 Å². The molecule has 0 N–H and O–H groups in total. The van der Waals surface area contributed by atoms with E-state index >= 15 is 0 Å². The highest BCUT2D eigenvalue weighted by atomic mass is 16.7. The minimum Gasteiger partial charge on any atom is -0.468 e. The Balaban J connectivity index is 1.51. The molecule has 0 spiro atoms. The molecule has 5 heteroatoms. The summed E-state index contributed by atoms with van der Waals surface area (Å²) < 4.78 is 26.2. The predicted molar refractivity (Wildman–Crippen MR) is 85.6 cm³/mol. The van der Waals surface area contributed by atoms with Gasteiger partial charge in [-0.2, -0.15) is 0 Å². The second kappa shape index (κ2) is 7.97. The summed E-state index contributed by atoms with van der Waals surface area (Å²) in [6, 6.07) is 15.8. The molecule has 0 aromatic heterocycles. The Hall–Kier alpha value is -2.08. The van der Waals surface area contributed by atoms with Crippen LogP contribution in [0.1, 0.15) is 0 Å². The van der Waals surface area contributed by atoms with E-state index in [0.29, 0.717) is 6.61 Å². The molecule has 1 saturated heterocycles. The molecule has 1 aliphatic heterocycles. The van der Waals surface area contributed by atoms with Gasteiger partial charge in [-0.05, 0) is 35.4 Å². The summed E-state index contributed by atoms with van der Waals surface area (Å²) in [6.07, 6.45) is 0.261. The number of benzene rings is 2. The van der Waals surface area contributed by atoms with E-state index in [9.17, 15) is 0 Å². The summed E-state index contributed by atoms with van der Waals surface area (Å²) in [5.41, 5.74) is 2.23. The minimum atomic E-state index is 0.241. The smallest absolute Gasteiger partial charge is 0.189 e. The maximum absolute atomic E-state index is 5.53. The molecule has 1 unspecified atom stereocenters. The maximum atomic E-state index is 5.53. The molecule has 1 atom stereocenters. The first-order valence-corrected chi connectivity index (χ1v) is 7.49. The average Bonchev–Trinajstić information content (AvgIpc) is 3.42. The number of hydrogen-bond donors (Lipinski definition) is 0. The van der Waals surface area contributed by atoms with Gasteiger partial charge in [0.25, 0.3) is 0 Å². The van der Waals surface area contributed by atoms with Gasteiger partial charge >= 0.3 is 0 Å². The Morgan fingerprint density at radius 2 is 1.39 bits per heavy atom. The standard InChI is InChI=1S/C18H20O5/c1-19-12-22-16-6-2-14(3-7-16)15-4-8-17(9-5-15)23-13-20-10-18-11-21-18/h2-9,18H,10-13H2,1H3. The lowest BCUT2D eigenvalue weighted by molar-refractivity contribution is 0.00822. The van der Waals surface area contributed by atoms with E-state index in [-0.39, 0.29) is 19.7 Å². The van der Waals surface area contributed by atoms with Crippen molar-refractivity contribution in [2.75, 3.05) is 33.9 Å². The fraction of sp³-hybridized carbons (Fsp3) is 0.333. The molecule has 0 radical (unpaired) electrons. The van der Waals surface area contributed by atoms with Crippen molar-refractivity contribution in [3.63, 3.8) is 0 Å². The zero-order valence-electron chi connectivity index (χ0n) is 13.1. The topological polar surface area (TPSA) is 49.5 Å². The van der Waals surface area contributed by atoms with Crippen molar-refractivity contribution in [1.82, 2.24) is 0 Å². The van der Waals surface area contributed by atoms with Crippen LogP contribution in [0.25, 0.3) is 11.1 Å². The molecule has 3 rings (SSSR count). The molecule has 0 bridgehead atoms. The van der Waals surface area contributed by atoms with E-state index < -0.39 is 0 Å². The van der Waals surface area contributed by atoms with Crippen molar-refractivity contribution in [1.29, 1.82) is 0 Å². The lowest BCUT2D eigenvalue weighted by Crippen LogP contribution is -2.07. The second-order valence-corrected chi connectivity index (χ2v) is 5.19. The predicted octanol–water partition coefficient (Wildman–Crippen LogP) is 3.09. The van der Waals surface area contributed by atoms with E-state index in [1.54, 1.807) is 7.11 Å². The zero-order valence-corrected chi connectivity index (χ0v) is 13.1. The second-order valence-electron chi connectivity index (χ2n) is 5.19. The van der Waals surface area contributed by atoms with Crippen molar-refractivity contribution >= 4 is 0 Å². The molecule has 1 fully saturated rings. The van der Waals surface area contributed by atoms with Crippen LogP contribution in [0.2, 0.25) is 0 Å². The highest BCUT2D eigenvalue weighted by molar-refractivity contribution is 5.64. The summed E-state index contributed by atoms with van der Waals surface area (Å²) in [5, 5.41) is 0. The average molecular weight is 316 g/mol. The van der Waals surface area contributed by atoms with Gasteiger partial charge in [0.05, 0.1) is 13.2 Å². The monoisotopic (exact) mass is 316 g/mol. The Bertz CT molecular complexity index is 590. The van der Waals surface area contributed by atoms with Crippen LogP contribution in [0.15, 0.2) is 48.5 Å². The Morgan fingerprint density at radius 1 is 0.870 bits per heavy atom. The van der Waals surface area contributed by atoms with E-state index in [1.807, 2.05) is 48.5 Å². The first-order chi connectivity index (χ1) is 11.3. The van der Waals surface area contributed by atoms with E-state index in [0.717, 1.165) is 29.2 Å². The summed E-state index contributed by atoms with van der Waals surface area (Å²) in [6.45, 7) is 1.88. The molecule has 0 saturated carbocycles. The molecule has 1 heterocycles. The van der Waals surface area contributed by atoms with Gasteiger partial charge in [0.15, 0.2) is 13.6 Å². The van der Waals surface area contributed by atoms with Crippen LogP contribution in [0.5, 0.6) is 11.5 Å². The summed E-state index contributed by atoms with van der Waals surface area (Å²) >= 11 is 0. The first kappa shape index (κ1) is 15.8. The van der Waals surface area contributed by atoms with Crippen molar-refractivity contribution < 1.29 is 23.7 Å². The normalized spacial score (nSPS) is 16.1. The molecule has 2 aromatic carbocycles. The molecule has 5 nitrogen and oxygen atoms in total. The van der Waals surface area contributed by atoms with Gasteiger partial charge in [0.2, 0.25) is 0 Å². The van der Waals surface area contributed by atoms with Gasteiger partial charge in [0, 0.05) is 7.11 Å². The third kappa shape index (κ3) is 4.96. The van der Waals surface area contributed by atoms with E-state index in [1.165, 1.54) is 0 Å². The quantitative estimate of drug-likeness (QED) is 0.404. The molecule has 23 heavy (non-hydrogen) atoms. The molecule has 2 aromatic rings. The highest BCUT2D eigenvalue weighted by Gasteiger charge is 2.22. The van der Waals surface area contributed by atoms with E-state index in [2.05, 4.69) is 0 Å². The lowest BCUT2D eigenvalue weighted by atomic mass is 10.1. The van der Waals surface area contributed by atoms with E-state index in [4.69, 9.17) is 23.7 Å². The van der Waals surface area contributed by atoms with Crippen molar-refractivity contribution in [3.8, 4) is 22.6 Å². The summed E-state index contributed by atoms with van der Waals surface area (Å²) in [5.74, 6) is 1.57. The number of ether oxygens (including phenoxy) is 5. The van der Waals surface area contributed by atoms with Crippen LogP contribution in [-0.2, 0) is 14.2 Å². The summed E-state index contributed by atoms with van der Waals surface area (Å²) in [7, 11) is 1.60. The number of epoxide rings is 1.